The number of hydrogen-bond donors (Lipinski definition) is 3. The zero-order valence-corrected chi connectivity index (χ0v) is 25.0. The molecule has 0 radical (unpaired) electrons. The van der Waals surface area contributed by atoms with E-state index < -0.39 is 23.8 Å². The van der Waals surface area contributed by atoms with E-state index in [0.717, 1.165) is 17.9 Å². The van der Waals surface area contributed by atoms with Crippen molar-refractivity contribution >= 4 is 39.7 Å². The molecule has 2 aliphatic rings. The fraction of sp³-hybridized carbons (Fsp3) is 0.500. The fourth-order valence-electron chi connectivity index (χ4n) is 4.91. The van der Waals surface area contributed by atoms with Gasteiger partial charge in [-0.15, -0.1) is 0 Å². The zero-order chi connectivity index (χ0) is 28.5. The SMILES string of the molecule is CC(C)(C)OC(=O)N[C@@H](CCCCNC(=O)OCC1c2ccccc2-c2ccccc21)C(=O)NC1CCSSC1. The van der Waals surface area contributed by atoms with Gasteiger partial charge in [-0.25, -0.2) is 9.59 Å². The van der Waals surface area contributed by atoms with Crippen LogP contribution in [0, 0.1) is 0 Å². The van der Waals surface area contributed by atoms with E-state index in [-0.39, 0.29) is 24.5 Å². The highest BCUT2D eigenvalue weighted by molar-refractivity contribution is 8.76. The van der Waals surface area contributed by atoms with Crippen LogP contribution in [0.15, 0.2) is 48.5 Å². The van der Waals surface area contributed by atoms with Crippen molar-refractivity contribution in [1.29, 1.82) is 0 Å². The number of carbonyl (C=O) groups excluding carboxylic acids is 3. The fourth-order valence-corrected chi connectivity index (χ4v) is 7.34. The van der Waals surface area contributed by atoms with Gasteiger partial charge in [0.2, 0.25) is 5.91 Å². The lowest BCUT2D eigenvalue weighted by atomic mass is 9.98. The monoisotopic (exact) mass is 585 g/mol. The Balaban J connectivity index is 1.22. The Kier molecular flexibility index (Phi) is 10.7. The number of hydrogen-bond acceptors (Lipinski definition) is 7. The summed E-state index contributed by atoms with van der Waals surface area (Å²) in [6, 6.07) is 15.8. The van der Waals surface area contributed by atoms with Crippen molar-refractivity contribution in [2.45, 2.75) is 70.1 Å². The quantitative estimate of drug-likeness (QED) is 0.237. The van der Waals surface area contributed by atoms with Crippen LogP contribution >= 0.6 is 21.6 Å². The zero-order valence-electron chi connectivity index (χ0n) is 23.4. The molecule has 0 saturated carbocycles. The van der Waals surface area contributed by atoms with Gasteiger partial charge < -0.3 is 25.4 Å². The Morgan fingerprint density at radius 1 is 0.950 bits per heavy atom. The molecule has 0 bridgehead atoms. The first-order chi connectivity index (χ1) is 19.2. The first-order valence-electron chi connectivity index (χ1n) is 13.8. The Morgan fingerprint density at radius 2 is 1.62 bits per heavy atom. The number of nitrogens with one attached hydrogen (secondary N) is 3. The predicted molar refractivity (Wildman–Crippen MR) is 162 cm³/mol. The van der Waals surface area contributed by atoms with Crippen LogP contribution in [-0.4, -0.2) is 60.4 Å². The first-order valence-corrected chi connectivity index (χ1v) is 16.3. The lowest BCUT2D eigenvalue weighted by Gasteiger charge is -2.26. The summed E-state index contributed by atoms with van der Waals surface area (Å²) in [4.78, 5) is 37.8. The van der Waals surface area contributed by atoms with E-state index in [9.17, 15) is 14.4 Å². The lowest BCUT2D eigenvalue weighted by Crippen LogP contribution is -2.51. The third kappa shape index (κ3) is 8.57. The normalized spacial score (nSPS) is 17.2. The lowest BCUT2D eigenvalue weighted by molar-refractivity contribution is -0.124. The van der Waals surface area contributed by atoms with Gasteiger partial charge >= 0.3 is 12.2 Å². The summed E-state index contributed by atoms with van der Waals surface area (Å²) in [5.74, 6) is 1.64. The molecule has 2 aromatic rings. The highest BCUT2D eigenvalue weighted by atomic mass is 33.1. The molecular weight excluding hydrogens is 546 g/mol. The maximum atomic E-state index is 13.0. The molecule has 10 heteroatoms. The predicted octanol–water partition coefficient (Wildman–Crippen LogP) is 5.86. The topological polar surface area (TPSA) is 106 Å². The van der Waals surface area contributed by atoms with Crippen molar-refractivity contribution in [2.75, 3.05) is 24.7 Å². The summed E-state index contributed by atoms with van der Waals surface area (Å²) >= 11 is 0. The van der Waals surface area contributed by atoms with Crippen LogP contribution in [0.2, 0.25) is 0 Å². The van der Waals surface area contributed by atoms with E-state index in [1.165, 1.54) is 22.3 Å². The third-order valence-electron chi connectivity index (χ3n) is 6.79. The van der Waals surface area contributed by atoms with E-state index in [1.807, 2.05) is 35.1 Å². The molecule has 0 aromatic heterocycles. The van der Waals surface area contributed by atoms with Crippen molar-refractivity contribution in [3.05, 3.63) is 59.7 Å². The molecule has 1 aliphatic carbocycles. The van der Waals surface area contributed by atoms with E-state index in [0.29, 0.717) is 25.8 Å². The molecule has 3 N–H and O–H groups in total. The van der Waals surface area contributed by atoms with Gasteiger partial charge in [0.05, 0.1) is 0 Å². The van der Waals surface area contributed by atoms with Gasteiger partial charge in [-0.3, -0.25) is 4.79 Å². The van der Waals surface area contributed by atoms with E-state index in [1.54, 1.807) is 31.6 Å². The molecule has 216 valence electrons. The number of rotatable bonds is 10. The summed E-state index contributed by atoms with van der Waals surface area (Å²) < 4.78 is 11.0. The maximum absolute atomic E-state index is 13.0. The molecule has 1 aliphatic heterocycles. The summed E-state index contributed by atoms with van der Waals surface area (Å²) in [7, 11) is 3.56. The van der Waals surface area contributed by atoms with E-state index in [4.69, 9.17) is 9.47 Å². The number of unbranched alkanes of at least 4 members (excludes halogenated alkanes) is 1. The molecule has 1 fully saturated rings. The molecule has 1 saturated heterocycles. The van der Waals surface area contributed by atoms with Gasteiger partial charge in [0.25, 0.3) is 0 Å². The summed E-state index contributed by atoms with van der Waals surface area (Å²) in [5.41, 5.74) is 4.06. The van der Waals surface area contributed by atoms with Gasteiger partial charge in [0, 0.05) is 30.0 Å². The van der Waals surface area contributed by atoms with Crippen LogP contribution in [0.25, 0.3) is 11.1 Å². The second kappa shape index (κ2) is 14.2. The maximum Gasteiger partial charge on any atom is 0.408 e. The molecule has 2 atom stereocenters. The van der Waals surface area contributed by atoms with E-state index in [2.05, 4.69) is 40.2 Å². The first kappa shape index (κ1) is 30.1. The Hall–Kier alpha value is -2.85. The summed E-state index contributed by atoms with van der Waals surface area (Å²) in [6.45, 7) is 6.03. The summed E-state index contributed by atoms with van der Waals surface area (Å²) in [6.07, 6.45) is 1.54. The summed E-state index contributed by atoms with van der Waals surface area (Å²) in [5, 5.41) is 8.62. The van der Waals surface area contributed by atoms with Crippen molar-refractivity contribution in [2.24, 2.45) is 0 Å². The highest BCUT2D eigenvalue weighted by Gasteiger charge is 2.29. The van der Waals surface area contributed by atoms with Gasteiger partial charge in [0.1, 0.15) is 18.2 Å². The standard InChI is InChI=1S/C30H39N3O5S2/c1-30(2,3)38-29(36)33-26(27(34)32-20-15-17-39-40-19-20)14-8-9-16-31-28(35)37-18-25-23-12-6-4-10-21(23)22-11-5-7-13-24(22)25/h4-7,10-13,20,25-26H,8-9,14-19H2,1-3H3,(H,31,35)(H,32,34)(H,33,36)/t20?,26-/m0/s1. The average Bonchev–Trinajstić information content (AvgIpc) is 3.24. The van der Waals surface area contributed by atoms with E-state index >= 15 is 0 Å². The number of alkyl carbamates (subject to hydrolysis) is 2. The Bertz CT molecular complexity index is 1130. The minimum absolute atomic E-state index is 0.0116. The Labute approximate surface area is 244 Å². The number of ether oxygens (including phenoxy) is 2. The van der Waals surface area contributed by atoms with Crippen molar-refractivity contribution in [1.82, 2.24) is 16.0 Å². The third-order valence-corrected chi connectivity index (χ3v) is 9.30. The average molecular weight is 586 g/mol. The van der Waals surface area contributed by atoms with Gasteiger partial charge in [-0.1, -0.05) is 70.1 Å². The number of amides is 3. The minimum Gasteiger partial charge on any atom is -0.449 e. The van der Waals surface area contributed by atoms with Gasteiger partial charge in [-0.2, -0.15) is 0 Å². The molecule has 2 aromatic carbocycles. The molecule has 4 rings (SSSR count). The highest BCUT2D eigenvalue weighted by Crippen LogP contribution is 2.44. The molecule has 8 nitrogen and oxygen atoms in total. The second-order valence-corrected chi connectivity index (χ2v) is 13.7. The molecular formula is C30H39N3O5S2. The smallest absolute Gasteiger partial charge is 0.408 e. The molecule has 1 unspecified atom stereocenters. The van der Waals surface area contributed by atoms with Crippen molar-refractivity contribution in [3.8, 4) is 11.1 Å². The Morgan fingerprint density at radius 3 is 2.25 bits per heavy atom. The van der Waals surface area contributed by atoms with Gasteiger partial charge in [0.15, 0.2) is 0 Å². The van der Waals surface area contributed by atoms with Crippen LogP contribution in [0.3, 0.4) is 0 Å². The van der Waals surface area contributed by atoms with Crippen LogP contribution in [0.4, 0.5) is 9.59 Å². The minimum atomic E-state index is -0.705. The van der Waals surface area contributed by atoms with Crippen molar-refractivity contribution in [3.63, 3.8) is 0 Å². The molecule has 3 amide bonds. The molecule has 0 spiro atoms. The molecule has 40 heavy (non-hydrogen) atoms. The van der Waals surface area contributed by atoms with Crippen molar-refractivity contribution < 1.29 is 23.9 Å². The van der Waals surface area contributed by atoms with Crippen LogP contribution < -0.4 is 16.0 Å². The van der Waals surface area contributed by atoms with Gasteiger partial charge in [-0.05, 0) is 68.7 Å². The van der Waals surface area contributed by atoms with Crippen LogP contribution in [0.5, 0.6) is 0 Å². The number of carbonyl (C=O) groups is 3. The second-order valence-electron chi connectivity index (χ2n) is 11.0. The van der Waals surface area contributed by atoms with Crippen LogP contribution in [0.1, 0.15) is 63.5 Å². The molecule has 1 heterocycles. The van der Waals surface area contributed by atoms with Crippen LogP contribution in [-0.2, 0) is 14.3 Å². The number of fused-ring (bicyclic) bond motifs is 3. The largest absolute Gasteiger partial charge is 0.449 e. The number of benzene rings is 2.